The summed E-state index contributed by atoms with van der Waals surface area (Å²) >= 11 is 0. The van der Waals surface area contributed by atoms with Gasteiger partial charge in [-0.05, 0) is 18.8 Å². The van der Waals surface area contributed by atoms with Crippen molar-refractivity contribution in [2.45, 2.75) is 52.6 Å². The zero-order valence-corrected chi connectivity index (χ0v) is 8.62. The topological polar surface area (TPSA) is 0 Å². The second-order valence-corrected chi connectivity index (χ2v) is 3.37. The Balaban J connectivity index is 0.000000671. The first-order chi connectivity index (χ1) is 6.02. The van der Waals surface area contributed by atoms with Crippen LogP contribution in [0.25, 0.3) is 0 Å². The van der Waals surface area contributed by atoms with E-state index in [1.54, 1.807) is 0 Å². The lowest BCUT2D eigenvalue weighted by atomic mass is 9.92. The van der Waals surface area contributed by atoms with Crippen molar-refractivity contribution in [3.8, 4) is 0 Å². The first kappa shape index (κ1) is 12.8. The van der Waals surface area contributed by atoms with Gasteiger partial charge < -0.3 is 0 Å². The Hall–Kier alpha value is -0.210. The molecule has 0 aromatic rings. The van der Waals surface area contributed by atoms with Crippen LogP contribution in [-0.2, 0) is 0 Å². The van der Waals surface area contributed by atoms with Crippen LogP contribution in [0.1, 0.15) is 46.5 Å². The molecular formula is C10H19F3. The summed E-state index contributed by atoms with van der Waals surface area (Å²) in [6.07, 6.45) is -0.494. The zero-order valence-electron chi connectivity index (χ0n) is 8.62. The first-order valence-corrected chi connectivity index (χ1v) is 5.08. The van der Waals surface area contributed by atoms with Crippen LogP contribution < -0.4 is 0 Å². The molecule has 0 saturated heterocycles. The molecule has 0 spiro atoms. The molecule has 1 aliphatic rings. The number of rotatable bonds is 1. The molecule has 1 atom stereocenters. The lowest BCUT2D eigenvalue weighted by Gasteiger charge is -2.21. The predicted octanol–water partition coefficient (Wildman–Crippen LogP) is 4.40. The van der Waals surface area contributed by atoms with E-state index in [2.05, 4.69) is 0 Å². The third-order valence-corrected chi connectivity index (χ3v) is 2.62. The lowest BCUT2D eigenvalue weighted by molar-refractivity contribution is -0.182. The molecule has 1 fully saturated rings. The molecule has 0 heterocycles. The van der Waals surface area contributed by atoms with E-state index in [-0.39, 0.29) is 5.92 Å². The summed E-state index contributed by atoms with van der Waals surface area (Å²) < 4.78 is 36.3. The van der Waals surface area contributed by atoms with E-state index < -0.39 is 12.1 Å². The van der Waals surface area contributed by atoms with Gasteiger partial charge in [-0.3, -0.25) is 0 Å². The van der Waals surface area contributed by atoms with E-state index in [1.807, 2.05) is 13.8 Å². The molecule has 0 N–H and O–H groups in total. The summed E-state index contributed by atoms with van der Waals surface area (Å²) in [5.74, 6) is -1.19. The Bertz CT molecular complexity index is 123. The van der Waals surface area contributed by atoms with Crippen molar-refractivity contribution in [3.63, 3.8) is 0 Å². The van der Waals surface area contributed by atoms with E-state index in [0.29, 0.717) is 0 Å². The van der Waals surface area contributed by atoms with Gasteiger partial charge in [0.05, 0.1) is 5.92 Å². The fourth-order valence-corrected chi connectivity index (χ4v) is 1.72. The Morgan fingerprint density at radius 2 is 1.46 bits per heavy atom. The number of halogens is 3. The zero-order chi connectivity index (χ0) is 10.5. The maximum Gasteiger partial charge on any atom is 0.391 e. The highest BCUT2D eigenvalue weighted by Crippen LogP contribution is 2.39. The molecule has 80 valence electrons. The smallest absolute Gasteiger partial charge is 0.171 e. The van der Waals surface area contributed by atoms with Crippen LogP contribution in [0.3, 0.4) is 0 Å². The third kappa shape index (κ3) is 4.01. The van der Waals surface area contributed by atoms with Gasteiger partial charge in [0.15, 0.2) is 0 Å². The monoisotopic (exact) mass is 196 g/mol. The van der Waals surface area contributed by atoms with Crippen LogP contribution in [0.15, 0.2) is 0 Å². The summed E-state index contributed by atoms with van der Waals surface area (Å²) in [4.78, 5) is 0. The minimum Gasteiger partial charge on any atom is -0.171 e. The van der Waals surface area contributed by atoms with Crippen molar-refractivity contribution >= 4 is 0 Å². The average Bonchev–Trinajstić information content (AvgIpc) is 2.57. The molecule has 0 aromatic heterocycles. The maximum absolute atomic E-state index is 12.1. The van der Waals surface area contributed by atoms with Crippen LogP contribution in [0.5, 0.6) is 0 Å². The van der Waals surface area contributed by atoms with Gasteiger partial charge in [0.25, 0.3) is 0 Å². The Kier molecular flexibility index (Phi) is 5.42. The molecule has 0 amide bonds. The van der Waals surface area contributed by atoms with Gasteiger partial charge in [-0.15, -0.1) is 0 Å². The van der Waals surface area contributed by atoms with E-state index in [4.69, 9.17) is 0 Å². The fourth-order valence-electron chi connectivity index (χ4n) is 1.72. The van der Waals surface area contributed by atoms with Crippen LogP contribution in [0.4, 0.5) is 13.2 Å². The Morgan fingerprint density at radius 1 is 1.08 bits per heavy atom. The van der Waals surface area contributed by atoms with Gasteiger partial charge in [0.2, 0.25) is 0 Å². The van der Waals surface area contributed by atoms with E-state index in [0.717, 1.165) is 25.7 Å². The van der Waals surface area contributed by atoms with Crippen LogP contribution in [0.2, 0.25) is 0 Å². The minimum atomic E-state index is -3.98. The van der Waals surface area contributed by atoms with E-state index >= 15 is 0 Å². The minimum absolute atomic E-state index is 0.102. The molecule has 0 nitrogen and oxygen atoms in total. The van der Waals surface area contributed by atoms with E-state index in [1.165, 1.54) is 6.92 Å². The van der Waals surface area contributed by atoms with Crippen molar-refractivity contribution in [1.29, 1.82) is 0 Å². The Labute approximate surface area is 78.5 Å². The van der Waals surface area contributed by atoms with E-state index in [9.17, 15) is 13.2 Å². The summed E-state index contributed by atoms with van der Waals surface area (Å²) in [6.45, 7) is 5.30. The van der Waals surface area contributed by atoms with Crippen LogP contribution in [-0.4, -0.2) is 6.18 Å². The summed E-state index contributed by atoms with van der Waals surface area (Å²) in [5.41, 5.74) is 0. The van der Waals surface area contributed by atoms with Crippen LogP contribution >= 0.6 is 0 Å². The van der Waals surface area contributed by atoms with Crippen molar-refractivity contribution in [3.05, 3.63) is 0 Å². The average molecular weight is 196 g/mol. The number of hydrogen-bond donors (Lipinski definition) is 0. The standard InChI is InChI=1S/C8H13F3.C2H6/c1-6(8(9,10)11)7-4-2-3-5-7;1-2/h6-7H,2-5H2,1H3;1-2H3. The molecule has 0 radical (unpaired) electrons. The highest BCUT2D eigenvalue weighted by molar-refractivity contribution is 4.76. The molecule has 13 heavy (non-hydrogen) atoms. The highest BCUT2D eigenvalue weighted by atomic mass is 19.4. The maximum atomic E-state index is 12.1. The van der Waals surface area contributed by atoms with Crippen molar-refractivity contribution < 1.29 is 13.2 Å². The predicted molar refractivity (Wildman–Crippen MR) is 48.5 cm³/mol. The summed E-state index contributed by atoms with van der Waals surface area (Å²) in [5, 5.41) is 0. The SMILES string of the molecule is CC.CC(C1CCCC1)C(F)(F)F. The molecule has 1 aliphatic carbocycles. The molecule has 0 aromatic carbocycles. The fraction of sp³-hybridized carbons (Fsp3) is 1.00. The van der Waals surface area contributed by atoms with Crippen molar-refractivity contribution in [2.24, 2.45) is 11.8 Å². The molecule has 0 aliphatic heterocycles. The van der Waals surface area contributed by atoms with Gasteiger partial charge in [-0.25, -0.2) is 0 Å². The third-order valence-electron chi connectivity index (χ3n) is 2.62. The van der Waals surface area contributed by atoms with Gasteiger partial charge in [-0.1, -0.05) is 33.6 Å². The number of hydrogen-bond acceptors (Lipinski definition) is 0. The second kappa shape index (κ2) is 5.51. The van der Waals surface area contributed by atoms with Gasteiger partial charge >= 0.3 is 6.18 Å². The molecule has 1 saturated carbocycles. The Morgan fingerprint density at radius 3 is 1.77 bits per heavy atom. The lowest BCUT2D eigenvalue weighted by Crippen LogP contribution is -2.26. The summed E-state index contributed by atoms with van der Waals surface area (Å²) in [7, 11) is 0. The van der Waals surface area contributed by atoms with Crippen molar-refractivity contribution in [1.82, 2.24) is 0 Å². The largest absolute Gasteiger partial charge is 0.391 e. The normalized spacial score (nSPS) is 20.8. The van der Waals surface area contributed by atoms with Crippen LogP contribution in [0, 0.1) is 11.8 Å². The molecule has 1 unspecified atom stereocenters. The summed E-state index contributed by atoms with van der Waals surface area (Å²) in [6, 6.07) is 0. The quantitative estimate of drug-likeness (QED) is 0.583. The molecular weight excluding hydrogens is 177 g/mol. The van der Waals surface area contributed by atoms with Gasteiger partial charge in [0, 0.05) is 0 Å². The first-order valence-electron chi connectivity index (χ1n) is 5.08. The molecule has 1 rings (SSSR count). The molecule has 0 bridgehead atoms. The second-order valence-electron chi connectivity index (χ2n) is 3.37. The van der Waals surface area contributed by atoms with Gasteiger partial charge in [-0.2, -0.15) is 13.2 Å². The van der Waals surface area contributed by atoms with Gasteiger partial charge in [0.1, 0.15) is 0 Å². The highest BCUT2D eigenvalue weighted by Gasteiger charge is 2.41. The van der Waals surface area contributed by atoms with Crippen molar-refractivity contribution in [2.75, 3.05) is 0 Å². The molecule has 3 heteroatoms. The number of alkyl halides is 3.